The molecule has 346 valence electrons. The van der Waals surface area contributed by atoms with E-state index in [1.54, 1.807) is 29.7 Å². The maximum atomic E-state index is 14.6. The van der Waals surface area contributed by atoms with Gasteiger partial charge in [-0.15, -0.1) is 0 Å². The van der Waals surface area contributed by atoms with Crippen molar-refractivity contribution in [2.24, 2.45) is 80.2 Å². The van der Waals surface area contributed by atoms with E-state index in [0.29, 0.717) is 30.6 Å². The summed E-state index contributed by atoms with van der Waals surface area (Å²) in [5, 5.41) is 63.2. The van der Waals surface area contributed by atoms with Crippen LogP contribution in [0.4, 0.5) is 0 Å². The molecule has 4 bridgehead atoms. The fourth-order valence-electron chi connectivity index (χ4n) is 16.8. The lowest BCUT2D eigenvalue weighted by atomic mass is 9.42. The molecule has 10 rings (SSSR count). The number of guanidine groups is 1. The Morgan fingerprint density at radius 3 is 2.54 bits per heavy atom. The van der Waals surface area contributed by atoms with E-state index in [1.807, 2.05) is 34.1 Å². The van der Waals surface area contributed by atoms with Gasteiger partial charge in [0, 0.05) is 65.6 Å². The van der Waals surface area contributed by atoms with Gasteiger partial charge in [0.2, 0.25) is 0 Å². The molecule has 11 nitrogen and oxygen atoms in total. The number of rotatable bonds is 4. The number of nitrogens with two attached hydrogens (primary N) is 1. The third-order valence-electron chi connectivity index (χ3n) is 19.0. The second-order valence-corrected chi connectivity index (χ2v) is 25.4. The fourth-order valence-corrected chi connectivity index (χ4v) is 19.5. The zero-order valence-electron chi connectivity index (χ0n) is 38.1. The first-order chi connectivity index (χ1) is 30.0. The van der Waals surface area contributed by atoms with E-state index in [1.165, 1.54) is 31.3 Å². The van der Waals surface area contributed by atoms with Gasteiger partial charge in [0.25, 0.3) is 0 Å². The lowest BCUT2D eigenvalue weighted by Gasteiger charge is -2.64. The Morgan fingerprint density at radius 1 is 1.00 bits per heavy atom. The Morgan fingerprint density at radius 2 is 1.78 bits per heavy atom. The van der Waals surface area contributed by atoms with Crippen LogP contribution in [0, 0.1) is 69.5 Å². The number of hydrogen-bond donors (Lipinski definition) is 7. The highest BCUT2D eigenvalue weighted by atomic mass is 33.1. The number of fused-ring (bicyclic) bond motifs is 13. The first-order valence-electron chi connectivity index (χ1n) is 24.4. The van der Waals surface area contributed by atoms with Crippen molar-refractivity contribution < 1.29 is 30.3 Å². The standard InChI is InChI=1S/C50H73N5O6S2/c1-26(56)54-46(51)53-22-28-19-49(5)35-16-29(50(49,61)37-18-38(57)36-17-39(58)40(59)21-48(36,4)43(28)37)23-62-63-24-30(55-14-13-52-25-55)20-47(2,3)44-33-11-7-6-10-31(33)32-12-8-9-27-15-34(35)45(60)42(44)41(27)32/h13-14,18,25-31,34-36,39-40,42-43,45,56,58-61H,6-12,15-17,19-24H2,1-5H3,(H3,51,53,54). The number of nitrogens with one attached hydrogen (secondary N) is 1. The zero-order valence-corrected chi connectivity index (χ0v) is 39.7. The molecule has 6 fully saturated rings. The Kier molecular flexibility index (Phi) is 11.6. The summed E-state index contributed by atoms with van der Waals surface area (Å²) in [6.45, 7) is 11.2. The van der Waals surface area contributed by atoms with Gasteiger partial charge in [0.05, 0.1) is 30.2 Å². The molecule has 8 N–H and O–H groups in total. The van der Waals surface area contributed by atoms with Crippen LogP contribution in [0.1, 0.15) is 124 Å². The Balaban J connectivity index is 1.14. The normalized spacial score (nSPS) is 46.4. The molecule has 1 saturated heterocycles. The van der Waals surface area contributed by atoms with Gasteiger partial charge in [-0.1, -0.05) is 78.0 Å². The van der Waals surface area contributed by atoms with E-state index in [4.69, 9.17) is 10.7 Å². The van der Waals surface area contributed by atoms with Crippen molar-refractivity contribution in [3.05, 3.63) is 52.7 Å². The van der Waals surface area contributed by atoms with E-state index in [2.05, 4.69) is 48.8 Å². The van der Waals surface area contributed by atoms with Crippen molar-refractivity contribution in [3.8, 4) is 0 Å². The van der Waals surface area contributed by atoms with Crippen molar-refractivity contribution in [1.29, 1.82) is 0 Å². The number of allylic oxidation sites excluding steroid dienone is 3. The largest absolute Gasteiger partial charge is 0.392 e. The van der Waals surface area contributed by atoms with Gasteiger partial charge in [0.15, 0.2) is 11.7 Å². The maximum absolute atomic E-state index is 14.6. The average molecular weight is 904 g/mol. The quantitative estimate of drug-likeness (QED) is 0.0559. The molecule has 1 aromatic heterocycles. The Labute approximate surface area is 382 Å². The summed E-state index contributed by atoms with van der Waals surface area (Å²) in [5.74, 6) is 1.25. The molecule has 9 aliphatic rings. The van der Waals surface area contributed by atoms with Crippen LogP contribution in [-0.4, -0.2) is 95.0 Å². The molecule has 17 atom stereocenters. The van der Waals surface area contributed by atoms with Gasteiger partial charge >= 0.3 is 0 Å². The number of nitrogens with zero attached hydrogens (tertiary/aromatic N) is 3. The highest BCUT2D eigenvalue weighted by Gasteiger charge is 2.73. The van der Waals surface area contributed by atoms with Gasteiger partial charge in [-0.2, -0.15) is 0 Å². The van der Waals surface area contributed by atoms with Crippen LogP contribution in [0.25, 0.3) is 0 Å². The van der Waals surface area contributed by atoms with Gasteiger partial charge in [0.1, 0.15) is 6.23 Å². The predicted octanol–water partition coefficient (Wildman–Crippen LogP) is 6.73. The lowest BCUT2D eigenvalue weighted by Crippen LogP contribution is -2.65. The van der Waals surface area contributed by atoms with E-state index in [0.717, 1.165) is 49.9 Å². The number of carbonyl (C=O) groups is 1. The number of carbonyl (C=O) groups excluding carboxylic acids is 1. The van der Waals surface area contributed by atoms with Crippen LogP contribution >= 0.6 is 21.6 Å². The lowest BCUT2D eigenvalue weighted by molar-refractivity contribution is -0.171. The minimum absolute atomic E-state index is 0.0271. The molecule has 1 aliphatic heterocycles. The van der Waals surface area contributed by atoms with Gasteiger partial charge in [-0.05, 0) is 136 Å². The van der Waals surface area contributed by atoms with Crippen LogP contribution in [0.15, 0.2) is 57.7 Å². The van der Waals surface area contributed by atoms with E-state index in [-0.39, 0.29) is 71.5 Å². The van der Waals surface area contributed by atoms with Crippen LogP contribution in [0.5, 0.6) is 0 Å². The van der Waals surface area contributed by atoms with E-state index < -0.39 is 46.9 Å². The maximum Gasteiger partial charge on any atom is 0.190 e. The average Bonchev–Trinajstić information content (AvgIpc) is 3.85. The molecule has 63 heavy (non-hydrogen) atoms. The monoisotopic (exact) mass is 904 g/mol. The highest BCUT2D eigenvalue weighted by molar-refractivity contribution is 8.76. The summed E-state index contributed by atoms with van der Waals surface area (Å²) < 4.78 is 2.29. The van der Waals surface area contributed by atoms with Crippen LogP contribution in [0.2, 0.25) is 0 Å². The number of hydrogen-bond acceptors (Lipinski definition) is 10. The molecular formula is C50H73N5O6S2. The first-order valence-corrected chi connectivity index (χ1v) is 26.9. The zero-order chi connectivity index (χ0) is 44.4. The fraction of sp³-hybridized carbons (Fsp3) is 0.780. The third-order valence-corrected chi connectivity index (χ3v) is 21.6. The van der Waals surface area contributed by atoms with Crippen LogP contribution in [-0.2, 0) is 4.79 Å². The highest BCUT2D eigenvalue weighted by Crippen LogP contribution is 2.73. The summed E-state index contributed by atoms with van der Waals surface area (Å²) in [5.41, 5.74) is 10.5. The summed E-state index contributed by atoms with van der Waals surface area (Å²) in [6.07, 6.45) is 16.1. The number of imidazole rings is 1. The van der Waals surface area contributed by atoms with Crippen molar-refractivity contribution in [2.75, 3.05) is 18.1 Å². The second kappa shape index (κ2) is 16.3. The molecular weight excluding hydrogens is 831 g/mol. The predicted molar refractivity (Wildman–Crippen MR) is 249 cm³/mol. The van der Waals surface area contributed by atoms with E-state index >= 15 is 0 Å². The third kappa shape index (κ3) is 6.95. The summed E-state index contributed by atoms with van der Waals surface area (Å²) in [7, 11) is 3.72. The molecule has 0 amide bonds. The van der Waals surface area contributed by atoms with E-state index in [9.17, 15) is 30.3 Å². The first kappa shape index (κ1) is 44.7. The molecule has 13 heteroatoms. The van der Waals surface area contributed by atoms with Crippen LogP contribution in [0.3, 0.4) is 0 Å². The summed E-state index contributed by atoms with van der Waals surface area (Å²) in [4.78, 5) is 24.0. The molecule has 8 aliphatic carbocycles. The number of ketones is 1. The minimum atomic E-state index is -1.36. The molecule has 17 unspecified atom stereocenters. The summed E-state index contributed by atoms with van der Waals surface area (Å²) in [6, 6.07) is 0.191. The molecule has 0 spiro atoms. The van der Waals surface area contributed by atoms with Gasteiger partial charge in [-0.25, -0.2) is 4.98 Å². The molecule has 1 aromatic rings. The summed E-state index contributed by atoms with van der Waals surface area (Å²) >= 11 is 0. The Bertz CT molecular complexity index is 2090. The SMILES string of the molecule is CC(O)NC(N)=NCC1CC2(C)C3CC(CSSCC(n4ccnc4)CC(C)(C)C4=C5CCCCC5C5=C6C(CCC5)CC3C(O)C64)C2(O)C2=CC(=O)C3CC(O)C(O)CC3(C)C21. The van der Waals surface area contributed by atoms with Crippen molar-refractivity contribution >= 4 is 33.3 Å². The smallest absolute Gasteiger partial charge is 0.190 e. The van der Waals surface area contributed by atoms with Crippen LogP contribution < -0.4 is 11.1 Å². The van der Waals surface area contributed by atoms with Crippen molar-refractivity contribution in [1.82, 2.24) is 14.9 Å². The number of aromatic nitrogens is 2. The molecule has 2 heterocycles. The second-order valence-electron chi connectivity index (χ2n) is 22.8. The number of aliphatic hydroxyl groups is 5. The molecule has 0 radical (unpaired) electrons. The minimum Gasteiger partial charge on any atom is -0.392 e. The topological polar surface area (TPSA) is 186 Å². The molecule has 0 aromatic carbocycles. The van der Waals surface area contributed by atoms with Gasteiger partial charge in [-0.3, -0.25) is 9.79 Å². The number of aliphatic imine (C=N–C) groups is 1. The molecule has 5 saturated carbocycles. The number of aliphatic hydroxyl groups excluding tert-OH is 4. The van der Waals surface area contributed by atoms with Crippen molar-refractivity contribution in [2.45, 2.75) is 154 Å². The van der Waals surface area contributed by atoms with Crippen molar-refractivity contribution in [3.63, 3.8) is 0 Å². The van der Waals surface area contributed by atoms with Gasteiger partial charge < -0.3 is 41.2 Å². The Hall–Kier alpha value is -2.13.